The van der Waals surface area contributed by atoms with Gasteiger partial charge in [-0.15, -0.1) is 0 Å². The lowest BCUT2D eigenvalue weighted by Gasteiger charge is -2.03. The monoisotopic (exact) mass is 249 g/mol. The second kappa shape index (κ2) is 3.70. The largest absolute Gasteiger partial charge is 0.340 e. The van der Waals surface area contributed by atoms with Crippen molar-refractivity contribution in [2.24, 2.45) is 7.05 Å². The maximum Gasteiger partial charge on any atom is 0.226 e. The minimum Gasteiger partial charge on any atom is -0.340 e. The van der Waals surface area contributed by atoms with Crippen LogP contribution in [-0.2, 0) is 7.05 Å². The molecule has 17 heavy (non-hydrogen) atoms. The van der Waals surface area contributed by atoms with Gasteiger partial charge in [-0.1, -0.05) is 0 Å². The summed E-state index contributed by atoms with van der Waals surface area (Å²) >= 11 is 5.82. The van der Waals surface area contributed by atoms with E-state index in [1.54, 1.807) is 17.2 Å². The maximum absolute atomic E-state index is 5.82. The van der Waals surface area contributed by atoms with Crippen LogP contribution in [0.25, 0.3) is 11.2 Å². The van der Waals surface area contributed by atoms with E-state index in [0.717, 1.165) is 5.69 Å². The molecule has 3 aromatic heterocycles. The van der Waals surface area contributed by atoms with Gasteiger partial charge in [0.2, 0.25) is 5.28 Å². The van der Waals surface area contributed by atoms with Crippen molar-refractivity contribution in [3.05, 3.63) is 24.0 Å². The summed E-state index contributed by atoms with van der Waals surface area (Å²) in [5.74, 6) is 0.575. The number of fused-ring (bicyclic) bond motifs is 1. The van der Waals surface area contributed by atoms with E-state index in [0.29, 0.717) is 17.0 Å². The topological polar surface area (TPSA) is 84.3 Å². The zero-order valence-corrected chi connectivity index (χ0v) is 9.60. The number of nitrogens with zero attached hydrogens (tertiary/aromatic N) is 5. The quantitative estimate of drug-likeness (QED) is 0.672. The SMILES string of the molecule is Cn1cc(Nc2nc(Cl)nc3nc[nH]c23)cn1. The predicted molar refractivity (Wildman–Crippen MR) is 63.2 cm³/mol. The molecule has 0 aliphatic heterocycles. The molecule has 0 amide bonds. The first kappa shape index (κ1) is 10.0. The lowest BCUT2D eigenvalue weighted by molar-refractivity contribution is 0.768. The van der Waals surface area contributed by atoms with Gasteiger partial charge in [0.05, 0.1) is 18.2 Å². The molecule has 0 saturated carbocycles. The molecule has 3 aromatic rings. The van der Waals surface area contributed by atoms with Crippen molar-refractivity contribution in [1.82, 2.24) is 29.7 Å². The highest BCUT2D eigenvalue weighted by Gasteiger charge is 2.09. The fourth-order valence-electron chi connectivity index (χ4n) is 1.52. The van der Waals surface area contributed by atoms with Gasteiger partial charge in [0.15, 0.2) is 11.5 Å². The van der Waals surface area contributed by atoms with E-state index in [4.69, 9.17) is 11.6 Å². The molecule has 0 aliphatic rings. The van der Waals surface area contributed by atoms with Gasteiger partial charge in [-0.3, -0.25) is 4.68 Å². The van der Waals surface area contributed by atoms with Crippen molar-refractivity contribution in [1.29, 1.82) is 0 Å². The molecule has 0 radical (unpaired) electrons. The van der Waals surface area contributed by atoms with Crippen molar-refractivity contribution >= 4 is 34.3 Å². The molecule has 0 bridgehead atoms. The van der Waals surface area contributed by atoms with Crippen LogP contribution in [0.5, 0.6) is 0 Å². The molecule has 0 aromatic carbocycles. The Morgan fingerprint density at radius 2 is 2.29 bits per heavy atom. The smallest absolute Gasteiger partial charge is 0.226 e. The van der Waals surface area contributed by atoms with Crippen LogP contribution < -0.4 is 5.32 Å². The van der Waals surface area contributed by atoms with E-state index in [2.05, 4.69) is 30.4 Å². The third-order valence-corrected chi connectivity index (χ3v) is 2.39. The second-order valence-electron chi connectivity index (χ2n) is 3.47. The summed E-state index contributed by atoms with van der Waals surface area (Å²) in [5.41, 5.74) is 2.05. The Kier molecular flexibility index (Phi) is 2.19. The van der Waals surface area contributed by atoms with Crippen molar-refractivity contribution in [3.8, 4) is 0 Å². The van der Waals surface area contributed by atoms with Gasteiger partial charge in [0, 0.05) is 13.2 Å². The lowest BCUT2D eigenvalue weighted by Crippen LogP contribution is -1.96. The average Bonchev–Trinajstić information content (AvgIpc) is 2.87. The first-order valence-electron chi connectivity index (χ1n) is 4.84. The van der Waals surface area contributed by atoms with Crippen molar-refractivity contribution in [2.45, 2.75) is 0 Å². The van der Waals surface area contributed by atoms with E-state index in [1.165, 1.54) is 0 Å². The molecule has 8 heteroatoms. The van der Waals surface area contributed by atoms with Gasteiger partial charge in [0.1, 0.15) is 5.52 Å². The third kappa shape index (κ3) is 1.80. The molecule has 0 aliphatic carbocycles. The van der Waals surface area contributed by atoms with Gasteiger partial charge in [-0.05, 0) is 11.6 Å². The first-order chi connectivity index (χ1) is 8.22. The number of rotatable bonds is 2. The van der Waals surface area contributed by atoms with E-state index < -0.39 is 0 Å². The Morgan fingerprint density at radius 3 is 3.06 bits per heavy atom. The number of hydrogen-bond donors (Lipinski definition) is 2. The highest BCUT2D eigenvalue weighted by Crippen LogP contribution is 2.22. The molecule has 0 fully saturated rings. The first-order valence-corrected chi connectivity index (χ1v) is 5.22. The highest BCUT2D eigenvalue weighted by atomic mass is 35.5. The molecular weight excluding hydrogens is 242 g/mol. The Hall–Kier alpha value is -2.15. The molecule has 86 valence electrons. The zero-order valence-electron chi connectivity index (χ0n) is 8.85. The van der Waals surface area contributed by atoms with Gasteiger partial charge < -0.3 is 10.3 Å². The minimum atomic E-state index is 0.149. The van der Waals surface area contributed by atoms with Crippen LogP contribution >= 0.6 is 11.6 Å². The number of H-pyrrole nitrogens is 1. The van der Waals surface area contributed by atoms with Crippen LogP contribution in [0.1, 0.15) is 0 Å². The maximum atomic E-state index is 5.82. The Morgan fingerprint density at radius 1 is 1.41 bits per heavy atom. The molecule has 0 atom stereocenters. The minimum absolute atomic E-state index is 0.149. The van der Waals surface area contributed by atoms with Gasteiger partial charge in [0.25, 0.3) is 0 Å². The molecule has 2 N–H and O–H groups in total. The molecule has 3 heterocycles. The summed E-state index contributed by atoms with van der Waals surface area (Å²) < 4.78 is 1.69. The lowest BCUT2D eigenvalue weighted by atomic mass is 10.4. The number of anilines is 2. The van der Waals surface area contributed by atoms with Crippen LogP contribution in [0, 0.1) is 0 Å². The van der Waals surface area contributed by atoms with Gasteiger partial charge in [-0.25, -0.2) is 4.98 Å². The summed E-state index contributed by atoms with van der Waals surface area (Å²) in [4.78, 5) is 15.1. The van der Waals surface area contributed by atoms with Gasteiger partial charge in [-0.2, -0.15) is 15.1 Å². The molecular formula is C9H8ClN7. The van der Waals surface area contributed by atoms with Crippen molar-refractivity contribution < 1.29 is 0 Å². The van der Waals surface area contributed by atoms with Crippen molar-refractivity contribution in [2.75, 3.05) is 5.32 Å². The highest BCUT2D eigenvalue weighted by molar-refractivity contribution is 6.28. The van der Waals surface area contributed by atoms with E-state index >= 15 is 0 Å². The van der Waals surface area contributed by atoms with Crippen LogP contribution in [0.4, 0.5) is 11.5 Å². The Balaban J connectivity index is 2.07. The number of hydrogen-bond acceptors (Lipinski definition) is 5. The molecule has 0 saturated heterocycles. The molecule has 7 nitrogen and oxygen atoms in total. The summed E-state index contributed by atoms with van der Waals surface area (Å²) in [6, 6.07) is 0. The van der Waals surface area contributed by atoms with Crippen LogP contribution in [0.15, 0.2) is 18.7 Å². The second-order valence-corrected chi connectivity index (χ2v) is 3.81. The number of imidazole rings is 1. The predicted octanol–water partition coefficient (Wildman–Crippen LogP) is 1.48. The number of aryl methyl sites for hydroxylation is 1. The van der Waals surface area contributed by atoms with Crippen molar-refractivity contribution in [3.63, 3.8) is 0 Å². The van der Waals surface area contributed by atoms with E-state index in [9.17, 15) is 0 Å². The fourth-order valence-corrected chi connectivity index (χ4v) is 1.68. The molecule has 3 rings (SSSR count). The zero-order chi connectivity index (χ0) is 11.8. The Labute approximate surface area is 101 Å². The van der Waals surface area contributed by atoms with Crippen LogP contribution in [0.2, 0.25) is 5.28 Å². The van der Waals surface area contributed by atoms with Crippen LogP contribution in [-0.4, -0.2) is 29.7 Å². The summed E-state index contributed by atoms with van der Waals surface area (Å²) in [5, 5.41) is 7.31. The number of nitrogens with one attached hydrogen (secondary N) is 2. The van der Waals surface area contributed by atoms with E-state index in [1.807, 2.05) is 13.2 Å². The molecule has 0 spiro atoms. The van der Waals surface area contributed by atoms with Gasteiger partial charge >= 0.3 is 0 Å². The Bertz CT molecular complexity index is 671. The average molecular weight is 250 g/mol. The third-order valence-electron chi connectivity index (χ3n) is 2.23. The summed E-state index contributed by atoms with van der Waals surface area (Å²) in [6.45, 7) is 0. The fraction of sp³-hybridized carbons (Fsp3) is 0.111. The summed E-state index contributed by atoms with van der Waals surface area (Å²) in [6.07, 6.45) is 5.07. The standard InChI is InChI=1S/C9H8ClN7/c1-17-3-5(2-13-17)14-8-6-7(12-4-11-6)15-9(10)16-8/h2-4H,1H3,(H2,11,12,14,15,16). The number of aromatic nitrogens is 6. The number of aromatic amines is 1. The van der Waals surface area contributed by atoms with E-state index in [-0.39, 0.29) is 5.28 Å². The number of halogens is 1. The summed E-state index contributed by atoms with van der Waals surface area (Å²) in [7, 11) is 1.84. The van der Waals surface area contributed by atoms with Crippen LogP contribution in [0.3, 0.4) is 0 Å². The normalized spacial score (nSPS) is 10.9. The molecule has 0 unspecified atom stereocenters.